The van der Waals surface area contributed by atoms with Gasteiger partial charge < -0.3 is 5.11 Å². The van der Waals surface area contributed by atoms with Crippen LogP contribution in [0.1, 0.15) is 66.3 Å². The molecule has 1 unspecified atom stereocenters. The van der Waals surface area contributed by atoms with Crippen LogP contribution in [0, 0.1) is 5.92 Å². The molecule has 0 amide bonds. The van der Waals surface area contributed by atoms with Crippen LogP contribution in [0.4, 0.5) is 0 Å². The molecule has 0 radical (unpaired) electrons. The Balaban J connectivity index is 3.01. The number of aliphatic hydroxyl groups is 1. The molecule has 0 aliphatic carbocycles. The van der Waals surface area contributed by atoms with Crippen LogP contribution >= 0.6 is 0 Å². The van der Waals surface area contributed by atoms with Gasteiger partial charge in [0.25, 0.3) is 0 Å². The zero-order valence-corrected chi connectivity index (χ0v) is 13.5. The maximum Gasteiger partial charge on any atom is 0.0572 e. The zero-order chi connectivity index (χ0) is 14.8. The highest BCUT2D eigenvalue weighted by Gasteiger charge is 2.28. The van der Waals surface area contributed by atoms with Gasteiger partial charge in [0.1, 0.15) is 0 Å². The lowest BCUT2D eigenvalue weighted by molar-refractivity contribution is 0.0935. The van der Waals surface area contributed by atoms with E-state index in [2.05, 4.69) is 66.7 Å². The summed E-state index contributed by atoms with van der Waals surface area (Å²) < 4.78 is 0. The second-order valence-electron chi connectivity index (χ2n) is 7.56. The first kappa shape index (κ1) is 16.2. The van der Waals surface area contributed by atoms with Gasteiger partial charge >= 0.3 is 0 Å². The third kappa shape index (κ3) is 4.31. The zero-order valence-electron chi connectivity index (χ0n) is 13.5. The Bertz CT molecular complexity index is 416. The summed E-state index contributed by atoms with van der Waals surface area (Å²) in [5.41, 5.74) is 2.13. The summed E-state index contributed by atoms with van der Waals surface area (Å²) in [6.45, 7) is 15.0. The molecule has 0 saturated heterocycles. The molecule has 0 bridgehead atoms. The largest absolute Gasteiger partial charge is 0.393 e. The number of rotatable bonds is 4. The smallest absolute Gasteiger partial charge is 0.0572 e. The van der Waals surface area contributed by atoms with E-state index in [0.717, 1.165) is 17.8 Å². The van der Waals surface area contributed by atoms with Crippen LogP contribution in [0.2, 0.25) is 0 Å². The predicted molar refractivity (Wildman–Crippen MR) is 81.4 cm³/mol. The molecule has 0 aromatic carbocycles. The fourth-order valence-corrected chi connectivity index (χ4v) is 2.09. The van der Waals surface area contributed by atoms with Crippen molar-refractivity contribution in [1.82, 2.24) is 4.98 Å². The molecule has 0 spiro atoms. The number of nitrogens with zero attached hydrogens (tertiary/aromatic N) is 1. The van der Waals surface area contributed by atoms with E-state index in [1.807, 2.05) is 0 Å². The lowest BCUT2D eigenvalue weighted by atomic mass is 9.80. The summed E-state index contributed by atoms with van der Waals surface area (Å²) in [6.07, 6.45) is 0.459. The number of aliphatic hydroxyl groups excluding tert-OH is 1. The maximum atomic E-state index is 10.1. The lowest BCUT2D eigenvalue weighted by Gasteiger charge is -2.30. The van der Waals surface area contributed by atoms with Crippen molar-refractivity contribution >= 4 is 0 Å². The molecule has 0 fully saturated rings. The summed E-state index contributed by atoms with van der Waals surface area (Å²) in [7, 11) is 0. The van der Waals surface area contributed by atoms with E-state index < -0.39 is 0 Å². The SMILES string of the molecule is CC(C)C(O)CC(C)(C)c1cccc(C(C)(C)C)n1. The Kier molecular flexibility index (Phi) is 4.78. The van der Waals surface area contributed by atoms with Crippen molar-refractivity contribution in [2.24, 2.45) is 5.92 Å². The van der Waals surface area contributed by atoms with Gasteiger partial charge in [-0.05, 0) is 24.5 Å². The van der Waals surface area contributed by atoms with Crippen LogP contribution in [-0.2, 0) is 10.8 Å². The molecule has 19 heavy (non-hydrogen) atoms. The Morgan fingerprint density at radius 2 is 1.58 bits per heavy atom. The minimum atomic E-state index is -0.282. The Labute approximate surface area is 118 Å². The van der Waals surface area contributed by atoms with Gasteiger partial charge in [0.05, 0.1) is 6.10 Å². The highest BCUT2D eigenvalue weighted by atomic mass is 16.3. The summed E-state index contributed by atoms with van der Waals surface area (Å²) in [6, 6.07) is 6.23. The van der Waals surface area contributed by atoms with E-state index in [4.69, 9.17) is 4.98 Å². The van der Waals surface area contributed by atoms with E-state index in [0.29, 0.717) is 0 Å². The molecule has 1 rings (SSSR count). The number of aromatic nitrogens is 1. The highest BCUT2D eigenvalue weighted by Crippen LogP contribution is 2.30. The molecule has 1 N–H and O–H groups in total. The van der Waals surface area contributed by atoms with Crippen LogP contribution in [0.15, 0.2) is 18.2 Å². The molecule has 1 aromatic rings. The van der Waals surface area contributed by atoms with Gasteiger partial charge in [-0.3, -0.25) is 4.98 Å². The third-order valence-electron chi connectivity index (χ3n) is 3.70. The van der Waals surface area contributed by atoms with E-state index in [-0.39, 0.29) is 22.9 Å². The van der Waals surface area contributed by atoms with E-state index >= 15 is 0 Å². The van der Waals surface area contributed by atoms with Gasteiger partial charge in [-0.1, -0.05) is 54.5 Å². The monoisotopic (exact) mass is 263 g/mol. The minimum Gasteiger partial charge on any atom is -0.393 e. The Morgan fingerprint density at radius 3 is 2.05 bits per heavy atom. The normalized spacial score (nSPS) is 14.8. The number of hydrogen-bond donors (Lipinski definition) is 1. The molecule has 0 aliphatic rings. The first-order valence-corrected chi connectivity index (χ1v) is 7.20. The van der Waals surface area contributed by atoms with Crippen molar-refractivity contribution in [2.75, 3.05) is 0 Å². The van der Waals surface area contributed by atoms with Crippen molar-refractivity contribution in [3.8, 4) is 0 Å². The Hall–Kier alpha value is -0.890. The molecular weight excluding hydrogens is 234 g/mol. The average molecular weight is 263 g/mol. The highest BCUT2D eigenvalue weighted by molar-refractivity contribution is 5.22. The van der Waals surface area contributed by atoms with Crippen LogP contribution in [0.25, 0.3) is 0 Å². The van der Waals surface area contributed by atoms with Gasteiger partial charge in [-0.15, -0.1) is 0 Å². The third-order valence-corrected chi connectivity index (χ3v) is 3.70. The summed E-state index contributed by atoms with van der Waals surface area (Å²) in [5, 5.41) is 10.1. The van der Waals surface area contributed by atoms with Gasteiger partial charge in [-0.2, -0.15) is 0 Å². The first-order valence-electron chi connectivity index (χ1n) is 7.20. The average Bonchev–Trinajstić information content (AvgIpc) is 2.27. The van der Waals surface area contributed by atoms with E-state index in [1.54, 1.807) is 0 Å². The second kappa shape index (κ2) is 5.62. The van der Waals surface area contributed by atoms with Crippen LogP contribution < -0.4 is 0 Å². The summed E-state index contributed by atoms with van der Waals surface area (Å²) in [4.78, 5) is 4.82. The predicted octanol–water partition coefficient (Wildman–Crippen LogP) is 4.06. The fraction of sp³-hybridized carbons (Fsp3) is 0.706. The molecule has 0 aliphatic heterocycles. The van der Waals surface area contributed by atoms with Crippen molar-refractivity contribution < 1.29 is 5.11 Å². The van der Waals surface area contributed by atoms with Crippen molar-refractivity contribution in [1.29, 1.82) is 0 Å². The van der Waals surface area contributed by atoms with Gasteiger partial charge in [0, 0.05) is 22.2 Å². The van der Waals surface area contributed by atoms with Gasteiger partial charge in [-0.25, -0.2) is 0 Å². The van der Waals surface area contributed by atoms with Gasteiger partial charge in [0.2, 0.25) is 0 Å². The molecular formula is C17H29NO. The molecule has 1 heterocycles. The first-order chi connectivity index (χ1) is 8.54. The van der Waals surface area contributed by atoms with Crippen LogP contribution in [0.5, 0.6) is 0 Å². The molecule has 2 heteroatoms. The summed E-state index contributed by atoms with van der Waals surface area (Å²) in [5.74, 6) is 0.282. The molecule has 1 atom stereocenters. The quantitative estimate of drug-likeness (QED) is 0.888. The van der Waals surface area contributed by atoms with Crippen molar-refractivity contribution in [2.45, 2.75) is 71.8 Å². The minimum absolute atomic E-state index is 0.0583. The Morgan fingerprint density at radius 1 is 1.05 bits per heavy atom. The van der Waals surface area contributed by atoms with Crippen molar-refractivity contribution in [3.05, 3.63) is 29.6 Å². The number of pyridine rings is 1. The van der Waals surface area contributed by atoms with E-state index in [9.17, 15) is 5.11 Å². The number of hydrogen-bond acceptors (Lipinski definition) is 2. The molecule has 108 valence electrons. The molecule has 2 nitrogen and oxygen atoms in total. The van der Waals surface area contributed by atoms with Gasteiger partial charge in [0.15, 0.2) is 0 Å². The lowest BCUT2D eigenvalue weighted by Crippen LogP contribution is -2.29. The second-order valence-corrected chi connectivity index (χ2v) is 7.56. The molecule has 0 saturated carbocycles. The summed E-state index contributed by atoms with van der Waals surface area (Å²) >= 11 is 0. The van der Waals surface area contributed by atoms with E-state index in [1.165, 1.54) is 0 Å². The molecule has 1 aromatic heterocycles. The topological polar surface area (TPSA) is 33.1 Å². The van der Waals surface area contributed by atoms with Crippen molar-refractivity contribution in [3.63, 3.8) is 0 Å². The maximum absolute atomic E-state index is 10.1. The standard InChI is InChI=1S/C17H29NO/c1-12(2)13(19)11-17(6,7)15-10-8-9-14(18-15)16(3,4)5/h8-10,12-13,19H,11H2,1-7H3. The fourth-order valence-electron chi connectivity index (χ4n) is 2.09. The van der Waals surface area contributed by atoms with Crippen LogP contribution in [0.3, 0.4) is 0 Å². The van der Waals surface area contributed by atoms with Crippen LogP contribution in [-0.4, -0.2) is 16.2 Å².